The molecular formula is C45H77NO8P+. The number of unbranched alkanes of at least 4 members (excludes halogenated alkanes) is 13. The van der Waals surface area contributed by atoms with Gasteiger partial charge in [-0.25, -0.2) is 4.57 Å². The van der Waals surface area contributed by atoms with Crippen LogP contribution in [0, 0.1) is 0 Å². The average Bonchev–Trinajstić information content (AvgIpc) is 3.13. The molecule has 10 heteroatoms. The van der Waals surface area contributed by atoms with Gasteiger partial charge in [-0.05, 0) is 57.8 Å². The Hall–Kier alpha value is -2.81. The minimum absolute atomic E-state index is 0.0150. The minimum Gasteiger partial charge on any atom is -0.462 e. The summed E-state index contributed by atoms with van der Waals surface area (Å²) in [6, 6.07) is 0. The first-order chi connectivity index (χ1) is 26.5. The summed E-state index contributed by atoms with van der Waals surface area (Å²) >= 11 is 0. The smallest absolute Gasteiger partial charge is 0.462 e. The highest BCUT2D eigenvalue weighted by molar-refractivity contribution is 7.47. The number of nitrogens with zero attached hydrogens (tertiary/aromatic N) is 1. The van der Waals surface area contributed by atoms with Crippen LogP contribution < -0.4 is 0 Å². The number of quaternary nitrogens is 1. The predicted octanol–water partition coefficient (Wildman–Crippen LogP) is 11.6. The zero-order valence-electron chi connectivity index (χ0n) is 35.1. The lowest BCUT2D eigenvalue weighted by Crippen LogP contribution is -2.37. The second kappa shape index (κ2) is 36.8. The Kier molecular flexibility index (Phi) is 34.9. The van der Waals surface area contributed by atoms with Gasteiger partial charge in [0.15, 0.2) is 6.10 Å². The zero-order chi connectivity index (χ0) is 40.7. The maximum atomic E-state index is 12.6. The number of esters is 2. The monoisotopic (exact) mass is 791 g/mol. The molecule has 0 aromatic carbocycles. The van der Waals surface area contributed by atoms with Crippen molar-refractivity contribution in [2.45, 2.75) is 142 Å². The molecule has 0 aliphatic heterocycles. The van der Waals surface area contributed by atoms with Gasteiger partial charge in [0.05, 0.1) is 27.7 Å². The first kappa shape index (κ1) is 52.2. The minimum atomic E-state index is -4.39. The first-order valence-corrected chi connectivity index (χ1v) is 22.4. The molecule has 0 aliphatic carbocycles. The number of hydrogen-bond donors (Lipinski definition) is 1. The fraction of sp³-hybridized carbons (Fsp3) is 0.644. The van der Waals surface area contributed by atoms with E-state index in [1.807, 2.05) is 57.6 Å². The van der Waals surface area contributed by atoms with E-state index in [4.69, 9.17) is 18.5 Å². The van der Waals surface area contributed by atoms with Gasteiger partial charge in [-0.2, -0.15) is 0 Å². The van der Waals surface area contributed by atoms with E-state index in [-0.39, 0.29) is 26.1 Å². The average molecular weight is 791 g/mol. The highest BCUT2D eigenvalue weighted by Crippen LogP contribution is 2.43. The lowest BCUT2D eigenvalue weighted by atomic mass is 10.1. The van der Waals surface area contributed by atoms with E-state index < -0.39 is 32.5 Å². The van der Waals surface area contributed by atoms with E-state index in [0.717, 1.165) is 64.2 Å². The molecule has 0 saturated heterocycles. The van der Waals surface area contributed by atoms with Crippen molar-refractivity contribution in [2.24, 2.45) is 0 Å². The standard InChI is InChI=1S/C45H76NO8P/c1-6-8-10-12-14-16-18-20-21-22-23-24-26-27-29-31-33-35-37-44(47)51-41-43(42-53-55(49,50)52-40-39-46(3,4)5)54-45(48)38-36-34-32-30-28-25-19-17-15-13-11-9-7-2/h9,11,13,15,17-25,28,43H,6-8,10,12,14,16,26-27,29-42H2,1-5H3/p+1/b11-9+,15-13+,19-17+,20-18+,22-21+,24-23+,28-25+. The van der Waals surface area contributed by atoms with Crippen LogP contribution in [0.5, 0.6) is 0 Å². The van der Waals surface area contributed by atoms with E-state index in [9.17, 15) is 19.0 Å². The maximum absolute atomic E-state index is 12.6. The second-order valence-electron chi connectivity index (χ2n) is 14.8. The van der Waals surface area contributed by atoms with Crippen molar-refractivity contribution < 1.29 is 42.1 Å². The van der Waals surface area contributed by atoms with Crippen LogP contribution in [0.3, 0.4) is 0 Å². The SMILES string of the molecule is CC/C=C/C=C/C=C/C=C/CCCCCC(=O)OC(COC(=O)CCCCCCC/C=C/C=C/C=C/CCCCCCC)COP(=O)(O)OCC[N+](C)(C)C. The van der Waals surface area contributed by atoms with Gasteiger partial charge in [0.25, 0.3) is 0 Å². The lowest BCUT2D eigenvalue weighted by molar-refractivity contribution is -0.870. The highest BCUT2D eigenvalue weighted by atomic mass is 31.2. The molecule has 9 nitrogen and oxygen atoms in total. The molecule has 1 N–H and O–H groups in total. The van der Waals surface area contributed by atoms with E-state index in [1.54, 1.807) is 0 Å². The molecule has 0 spiro atoms. The van der Waals surface area contributed by atoms with Crippen LogP contribution in [0.15, 0.2) is 85.1 Å². The Balaban J connectivity index is 4.50. The number of likely N-dealkylation sites (N-methyl/N-ethyl adjacent to an activating group) is 1. The molecule has 0 radical (unpaired) electrons. The third-order valence-corrected chi connectivity index (χ3v) is 9.30. The summed E-state index contributed by atoms with van der Waals surface area (Å²) in [5.74, 6) is -0.878. The quantitative estimate of drug-likeness (QED) is 0.0220. The molecular weight excluding hydrogens is 713 g/mol. The molecule has 2 unspecified atom stereocenters. The Bertz CT molecular complexity index is 1210. The number of phosphoric ester groups is 1. The van der Waals surface area contributed by atoms with Gasteiger partial charge in [-0.15, -0.1) is 0 Å². The summed E-state index contributed by atoms with van der Waals surface area (Å²) in [6.07, 6.45) is 46.3. The fourth-order valence-electron chi connectivity index (χ4n) is 5.02. The van der Waals surface area contributed by atoms with Crippen LogP contribution in [0.2, 0.25) is 0 Å². The topological polar surface area (TPSA) is 108 Å². The van der Waals surface area contributed by atoms with Crippen molar-refractivity contribution in [3.8, 4) is 0 Å². The Morgan fingerprint density at radius 2 is 1.04 bits per heavy atom. The molecule has 0 bridgehead atoms. The van der Waals surface area contributed by atoms with Gasteiger partial charge in [-0.1, -0.05) is 150 Å². The van der Waals surface area contributed by atoms with E-state index in [2.05, 4.69) is 62.5 Å². The Morgan fingerprint density at radius 3 is 1.56 bits per heavy atom. The van der Waals surface area contributed by atoms with E-state index in [1.165, 1.54) is 32.1 Å². The molecule has 0 aliphatic rings. The molecule has 0 saturated carbocycles. The number of carbonyl (C=O) groups is 2. The van der Waals surface area contributed by atoms with Crippen molar-refractivity contribution in [1.82, 2.24) is 0 Å². The van der Waals surface area contributed by atoms with Gasteiger partial charge in [0.1, 0.15) is 19.8 Å². The third kappa shape index (κ3) is 40.7. The molecule has 55 heavy (non-hydrogen) atoms. The van der Waals surface area contributed by atoms with Crippen LogP contribution in [-0.2, 0) is 32.7 Å². The Morgan fingerprint density at radius 1 is 0.582 bits per heavy atom. The van der Waals surface area contributed by atoms with Crippen molar-refractivity contribution >= 4 is 19.8 Å². The van der Waals surface area contributed by atoms with Gasteiger partial charge >= 0.3 is 19.8 Å². The first-order valence-electron chi connectivity index (χ1n) is 20.9. The molecule has 2 atom stereocenters. The van der Waals surface area contributed by atoms with Crippen molar-refractivity contribution in [1.29, 1.82) is 0 Å². The predicted molar refractivity (Wildman–Crippen MR) is 229 cm³/mol. The molecule has 0 aromatic heterocycles. The molecule has 0 aromatic rings. The molecule has 314 valence electrons. The summed E-state index contributed by atoms with van der Waals surface area (Å²) in [5, 5.41) is 0. The fourth-order valence-corrected chi connectivity index (χ4v) is 5.77. The second-order valence-corrected chi connectivity index (χ2v) is 16.2. The largest absolute Gasteiger partial charge is 0.472 e. The molecule has 0 amide bonds. The molecule has 0 fully saturated rings. The van der Waals surface area contributed by atoms with Crippen LogP contribution >= 0.6 is 7.82 Å². The van der Waals surface area contributed by atoms with Crippen LogP contribution in [0.1, 0.15) is 136 Å². The summed E-state index contributed by atoms with van der Waals surface area (Å²) < 4.78 is 34.2. The summed E-state index contributed by atoms with van der Waals surface area (Å²) in [4.78, 5) is 35.3. The van der Waals surface area contributed by atoms with Crippen molar-refractivity contribution in [3.05, 3.63) is 85.1 Å². The lowest BCUT2D eigenvalue weighted by Gasteiger charge is -2.24. The number of ether oxygens (including phenoxy) is 2. The van der Waals surface area contributed by atoms with Crippen molar-refractivity contribution in [3.63, 3.8) is 0 Å². The highest BCUT2D eigenvalue weighted by Gasteiger charge is 2.27. The Labute approximate surface area is 335 Å². The van der Waals surface area contributed by atoms with Crippen LogP contribution in [0.25, 0.3) is 0 Å². The van der Waals surface area contributed by atoms with Crippen LogP contribution in [-0.4, -0.2) is 74.9 Å². The van der Waals surface area contributed by atoms with Gasteiger partial charge in [0.2, 0.25) is 0 Å². The summed E-state index contributed by atoms with van der Waals surface area (Å²) in [5.41, 5.74) is 0. The number of hydrogen-bond acceptors (Lipinski definition) is 7. The normalized spacial score (nSPS) is 14.5. The van der Waals surface area contributed by atoms with Gasteiger partial charge < -0.3 is 18.9 Å². The van der Waals surface area contributed by atoms with Crippen molar-refractivity contribution in [2.75, 3.05) is 47.5 Å². The van der Waals surface area contributed by atoms with Gasteiger partial charge in [0, 0.05) is 12.8 Å². The number of rotatable bonds is 36. The summed E-state index contributed by atoms with van der Waals surface area (Å²) in [7, 11) is 1.42. The zero-order valence-corrected chi connectivity index (χ0v) is 36.0. The molecule has 0 rings (SSSR count). The van der Waals surface area contributed by atoms with Crippen LogP contribution in [0.4, 0.5) is 0 Å². The molecule has 0 heterocycles. The third-order valence-electron chi connectivity index (χ3n) is 8.32. The van der Waals surface area contributed by atoms with Gasteiger partial charge in [-0.3, -0.25) is 18.6 Å². The number of carbonyl (C=O) groups excluding carboxylic acids is 2. The number of phosphoric acid groups is 1. The number of allylic oxidation sites excluding steroid dienone is 14. The van der Waals surface area contributed by atoms with E-state index in [0.29, 0.717) is 23.9 Å². The summed E-state index contributed by atoms with van der Waals surface area (Å²) in [6.45, 7) is 4.16. The van der Waals surface area contributed by atoms with E-state index >= 15 is 0 Å². The maximum Gasteiger partial charge on any atom is 0.472 e.